The highest BCUT2D eigenvalue weighted by molar-refractivity contribution is 7.99. The highest BCUT2D eigenvalue weighted by atomic mass is 32.2. The molecule has 0 bridgehead atoms. The number of rotatable bonds is 5. The molecule has 3 aromatic rings. The second-order valence-corrected chi connectivity index (χ2v) is 7.41. The van der Waals surface area contributed by atoms with Crippen molar-refractivity contribution in [1.82, 2.24) is 10.1 Å². The molecule has 1 amide bonds. The predicted molar refractivity (Wildman–Crippen MR) is 104 cm³/mol. The van der Waals surface area contributed by atoms with E-state index in [9.17, 15) is 4.79 Å². The molecule has 0 radical (unpaired) electrons. The van der Waals surface area contributed by atoms with Crippen LogP contribution in [-0.2, 0) is 11.2 Å². The molecule has 1 fully saturated rings. The molecule has 4 rings (SSSR count). The Morgan fingerprint density at radius 3 is 2.93 bits per heavy atom. The van der Waals surface area contributed by atoms with Gasteiger partial charge in [-0.25, -0.2) is 0 Å². The summed E-state index contributed by atoms with van der Waals surface area (Å²) < 4.78 is 16.2. The molecular formula is C20H20N2O4S. The lowest BCUT2D eigenvalue weighted by Gasteiger charge is -2.25. The van der Waals surface area contributed by atoms with Gasteiger partial charge < -0.3 is 18.9 Å². The Kier molecular flexibility index (Phi) is 4.94. The van der Waals surface area contributed by atoms with Gasteiger partial charge in [0.25, 0.3) is 0 Å². The van der Waals surface area contributed by atoms with Crippen LogP contribution in [0.5, 0.6) is 11.5 Å². The summed E-state index contributed by atoms with van der Waals surface area (Å²) in [5.74, 6) is 2.39. The first-order chi connectivity index (χ1) is 13.2. The number of hydrogen-bond acceptors (Lipinski definition) is 6. The van der Waals surface area contributed by atoms with Crippen LogP contribution in [0.25, 0.3) is 11.0 Å². The van der Waals surface area contributed by atoms with E-state index < -0.39 is 0 Å². The average Bonchev–Trinajstić information content (AvgIpc) is 3.35. The monoisotopic (exact) mass is 384 g/mol. The number of hydrogen-bond donors (Lipinski definition) is 0. The van der Waals surface area contributed by atoms with Gasteiger partial charge in [-0.2, -0.15) is 0 Å². The summed E-state index contributed by atoms with van der Waals surface area (Å²) in [7, 11) is 3.27. The van der Waals surface area contributed by atoms with Gasteiger partial charge in [0.1, 0.15) is 22.6 Å². The van der Waals surface area contributed by atoms with Crippen molar-refractivity contribution < 1.29 is 18.8 Å². The number of thioether (sulfide) groups is 1. The Labute approximate surface area is 161 Å². The molecular weight excluding hydrogens is 364 g/mol. The van der Waals surface area contributed by atoms with Gasteiger partial charge in [0.05, 0.1) is 20.6 Å². The van der Waals surface area contributed by atoms with E-state index in [1.165, 1.54) is 0 Å². The number of benzene rings is 2. The highest BCUT2D eigenvalue weighted by Gasteiger charge is 2.33. The molecule has 1 unspecified atom stereocenters. The van der Waals surface area contributed by atoms with Crippen molar-refractivity contribution in [3.63, 3.8) is 0 Å². The molecule has 2 aromatic carbocycles. The number of aromatic nitrogens is 1. The molecule has 0 N–H and O–H groups in total. The van der Waals surface area contributed by atoms with Crippen molar-refractivity contribution in [2.45, 2.75) is 11.8 Å². The third-order valence-electron chi connectivity index (χ3n) is 4.69. The molecule has 2 heterocycles. The number of carbonyl (C=O) groups excluding carboxylic acids is 1. The summed E-state index contributed by atoms with van der Waals surface area (Å²) in [6.07, 6.45) is 0.209. The van der Waals surface area contributed by atoms with E-state index in [1.807, 2.05) is 47.4 Å². The number of para-hydroxylation sites is 1. The molecule has 1 aliphatic rings. The molecule has 1 aliphatic heterocycles. The minimum Gasteiger partial charge on any atom is -0.497 e. The van der Waals surface area contributed by atoms with Crippen LogP contribution in [0.15, 0.2) is 47.0 Å². The Bertz CT molecular complexity index is 972. The molecule has 0 saturated carbocycles. The van der Waals surface area contributed by atoms with Gasteiger partial charge in [0.2, 0.25) is 5.91 Å². The molecule has 6 nitrogen and oxygen atoms in total. The molecule has 1 saturated heterocycles. The second-order valence-electron chi connectivity index (χ2n) is 6.22. The fourth-order valence-corrected chi connectivity index (χ4v) is 4.62. The highest BCUT2D eigenvalue weighted by Crippen LogP contribution is 2.43. The summed E-state index contributed by atoms with van der Waals surface area (Å²) in [5.41, 5.74) is 2.31. The van der Waals surface area contributed by atoms with Crippen molar-refractivity contribution in [2.75, 3.05) is 26.5 Å². The minimum atomic E-state index is -0.110. The van der Waals surface area contributed by atoms with Crippen molar-refractivity contribution in [2.24, 2.45) is 0 Å². The van der Waals surface area contributed by atoms with Crippen molar-refractivity contribution in [1.29, 1.82) is 0 Å². The van der Waals surface area contributed by atoms with E-state index in [4.69, 9.17) is 14.0 Å². The van der Waals surface area contributed by atoms with Crippen molar-refractivity contribution in [3.05, 3.63) is 53.7 Å². The number of nitrogens with zero attached hydrogens (tertiary/aromatic N) is 2. The van der Waals surface area contributed by atoms with Gasteiger partial charge in [-0.3, -0.25) is 4.79 Å². The summed E-state index contributed by atoms with van der Waals surface area (Å²) in [6, 6.07) is 13.3. The van der Waals surface area contributed by atoms with Crippen LogP contribution < -0.4 is 9.47 Å². The number of carbonyl (C=O) groups is 1. The number of fused-ring (bicyclic) bond motifs is 1. The van der Waals surface area contributed by atoms with E-state index in [0.717, 1.165) is 28.2 Å². The van der Waals surface area contributed by atoms with E-state index in [1.54, 1.807) is 26.0 Å². The lowest BCUT2D eigenvalue weighted by atomic mass is 10.1. The van der Waals surface area contributed by atoms with E-state index >= 15 is 0 Å². The third kappa shape index (κ3) is 3.35. The fraction of sp³-hybridized carbons (Fsp3) is 0.300. The van der Waals surface area contributed by atoms with Gasteiger partial charge in [-0.1, -0.05) is 17.3 Å². The fourth-order valence-electron chi connectivity index (χ4n) is 3.33. The molecule has 7 heteroatoms. The lowest BCUT2D eigenvalue weighted by molar-refractivity contribution is -0.130. The van der Waals surface area contributed by atoms with E-state index in [0.29, 0.717) is 17.8 Å². The zero-order chi connectivity index (χ0) is 18.8. The second kappa shape index (κ2) is 7.52. The Balaban J connectivity index is 1.60. The summed E-state index contributed by atoms with van der Waals surface area (Å²) in [6.45, 7) is 0.685. The first kappa shape index (κ1) is 17.7. The Hall–Kier alpha value is -2.67. The minimum absolute atomic E-state index is 0.0222. The van der Waals surface area contributed by atoms with Crippen LogP contribution >= 0.6 is 11.8 Å². The maximum absolute atomic E-state index is 13.1. The zero-order valence-electron chi connectivity index (χ0n) is 15.2. The topological polar surface area (TPSA) is 64.8 Å². The summed E-state index contributed by atoms with van der Waals surface area (Å²) in [5, 5.41) is 4.86. The first-order valence-corrected chi connectivity index (χ1v) is 9.72. The standard InChI is InChI=1S/C20H20N2O4S/c1-24-13-7-8-17(25-2)15(11-13)20-22(9-10-27-20)19(23)12-16-14-5-3-4-6-18(14)26-21-16/h3-8,11,20H,9-10,12H2,1-2H3. The van der Waals surface area contributed by atoms with E-state index in [2.05, 4.69) is 5.16 Å². The molecule has 1 aromatic heterocycles. The van der Waals surface area contributed by atoms with Crippen LogP contribution in [0.4, 0.5) is 0 Å². The lowest BCUT2D eigenvalue weighted by Crippen LogP contribution is -2.32. The Morgan fingerprint density at radius 1 is 1.26 bits per heavy atom. The third-order valence-corrected chi connectivity index (χ3v) is 5.93. The average molecular weight is 384 g/mol. The molecule has 140 valence electrons. The maximum Gasteiger partial charge on any atom is 0.229 e. The van der Waals surface area contributed by atoms with Crippen molar-refractivity contribution in [3.8, 4) is 11.5 Å². The number of methoxy groups -OCH3 is 2. The number of amides is 1. The molecule has 1 atom stereocenters. The van der Waals surface area contributed by atoms with Crippen LogP contribution in [0, 0.1) is 0 Å². The molecule has 0 spiro atoms. The van der Waals surface area contributed by atoms with Crippen LogP contribution in [0.2, 0.25) is 0 Å². The molecule has 0 aliphatic carbocycles. The maximum atomic E-state index is 13.1. The van der Waals surface area contributed by atoms with Gasteiger partial charge >= 0.3 is 0 Å². The first-order valence-electron chi connectivity index (χ1n) is 8.67. The van der Waals surface area contributed by atoms with Gasteiger partial charge in [0, 0.05) is 23.2 Å². The van der Waals surface area contributed by atoms with Crippen LogP contribution in [0.3, 0.4) is 0 Å². The Morgan fingerprint density at radius 2 is 2.11 bits per heavy atom. The summed E-state index contributed by atoms with van der Waals surface area (Å²) in [4.78, 5) is 14.9. The quantitative estimate of drug-likeness (QED) is 0.669. The zero-order valence-corrected chi connectivity index (χ0v) is 16.0. The van der Waals surface area contributed by atoms with Crippen LogP contribution in [-0.4, -0.2) is 42.5 Å². The normalized spacial score (nSPS) is 16.7. The van der Waals surface area contributed by atoms with Gasteiger partial charge in [-0.15, -0.1) is 11.8 Å². The van der Waals surface area contributed by atoms with Gasteiger partial charge in [0.15, 0.2) is 5.58 Å². The molecule has 27 heavy (non-hydrogen) atoms. The smallest absolute Gasteiger partial charge is 0.229 e. The largest absolute Gasteiger partial charge is 0.497 e. The SMILES string of the molecule is COc1ccc(OC)c(C2SCCN2C(=O)Cc2noc3ccccc23)c1. The van der Waals surface area contributed by atoms with E-state index in [-0.39, 0.29) is 17.7 Å². The predicted octanol–water partition coefficient (Wildman–Crippen LogP) is 3.66. The summed E-state index contributed by atoms with van der Waals surface area (Å²) >= 11 is 1.72. The van der Waals surface area contributed by atoms with Crippen molar-refractivity contribution >= 4 is 28.6 Å². The van der Waals surface area contributed by atoms with Gasteiger partial charge in [-0.05, 0) is 30.3 Å². The van der Waals surface area contributed by atoms with Crippen LogP contribution in [0.1, 0.15) is 16.6 Å². The number of ether oxygens (including phenoxy) is 2.